The van der Waals surface area contributed by atoms with Gasteiger partial charge in [-0.25, -0.2) is 4.98 Å². The quantitative estimate of drug-likeness (QED) is 0.653. The van der Waals surface area contributed by atoms with Crippen molar-refractivity contribution in [2.75, 3.05) is 13.1 Å². The Labute approximate surface area is 106 Å². The van der Waals surface area contributed by atoms with E-state index in [1.807, 2.05) is 0 Å². The summed E-state index contributed by atoms with van der Waals surface area (Å²) in [7, 11) is 0. The van der Waals surface area contributed by atoms with Crippen LogP contribution >= 0.6 is 0 Å². The van der Waals surface area contributed by atoms with Gasteiger partial charge in [-0.05, 0) is 25.8 Å². The van der Waals surface area contributed by atoms with E-state index in [-0.39, 0.29) is 11.8 Å². The highest BCUT2D eigenvalue weighted by molar-refractivity contribution is 5.39. The highest BCUT2D eigenvalue weighted by atomic mass is 16.6. The average Bonchev–Trinajstić information content (AvgIpc) is 2.32. The fourth-order valence-electron chi connectivity index (χ4n) is 2.05. The van der Waals surface area contributed by atoms with Crippen LogP contribution in [0.15, 0.2) is 12.3 Å². The van der Waals surface area contributed by atoms with Crippen molar-refractivity contribution in [2.24, 2.45) is 5.92 Å². The molecule has 0 radical (unpaired) electrons. The predicted molar refractivity (Wildman–Crippen MR) is 66.7 cm³/mol. The first-order chi connectivity index (χ1) is 8.58. The minimum Gasteiger partial charge on any atom is -0.473 e. The van der Waals surface area contributed by atoms with Crippen molar-refractivity contribution < 1.29 is 9.66 Å². The van der Waals surface area contributed by atoms with Gasteiger partial charge in [-0.3, -0.25) is 10.1 Å². The number of nitrogens with zero attached hydrogens (tertiary/aromatic N) is 2. The molecule has 2 heterocycles. The maximum atomic E-state index is 10.7. The van der Waals surface area contributed by atoms with Crippen LogP contribution in [0.1, 0.15) is 18.9 Å². The topological polar surface area (TPSA) is 77.3 Å². The van der Waals surface area contributed by atoms with Gasteiger partial charge in [0.1, 0.15) is 12.3 Å². The van der Waals surface area contributed by atoms with E-state index in [0.717, 1.165) is 19.5 Å². The predicted octanol–water partition coefficient (Wildman–Crippen LogP) is 1.68. The van der Waals surface area contributed by atoms with Crippen molar-refractivity contribution in [1.82, 2.24) is 10.3 Å². The van der Waals surface area contributed by atoms with E-state index in [2.05, 4.69) is 17.2 Å². The normalized spacial score (nSPS) is 23.7. The highest BCUT2D eigenvalue weighted by Crippen LogP contribution is 2.23. The highest BCUT2D eigenvalue weighted by Gasteiger charge is 2.23. The molecule has 0 saturated carbocycles. The first-order valence-corrected chi connectivity index (χ1v) is 6.06. The van der Waals surface area contributed by atoms with Gasteiger partial charge in [-0.2, -0.15) is 0 Å². The van der Waals surface area contributed by atoms with Gasteiger partial charge in [0, 0.05) is 18.2 Å². The minimum atomic E-state index is -0.434. The van der Waals surface area contributed by atoms with E-state index < -0.39 is 4.92 Å². The molecule has 0 amide bonds. The molecule has 1 N–H and O–H groups in total. The zero-order valence-electron chi connectivity index (χ0n) is 10.5. The summed E-state index contributed by atoms with van der Waals surface area (Å²) in [5.74, 6) is 0.919. The summed E-state index contributed by atoms with van der Waals surface area (Å²) in [6, 6.07) is 1.62. The molecule has 1 saturated heterocycles. The Hall–Kier alpha value is -1.69. The smallest absolute Gasteiger partial charge is 0.290 e. The van der Waals surface area contributed by atoms with Crippen LogP contribution < -0.4 is 10.1 Å². The Balaban J connectivity index is 2.10. The van der Waals surface area contributed by atoms with Crippen molar-refractivity contribution >= 4 is 5.69 Å². The fraction of sp³-hybridized carbons (Fsp3) is 0.583. The molecule has 6 nitrogen and oxygen atoms in total. The van der Waals surface area contributed by atoms with Gasteiger partial charge in [0.05, 0.1) is 4.92 Å². The second kappa shape index (κ2) is 5.30. The van der Waals surface area contributed by atoms with Crippen LogP contribution in [0.2, 0.25) is 0 Å². The third-order valence-corrected chi connectivity index (χ3v) is 3.28. The van der Waals surface area contributed by atoms with Crippen molar-refractivity contribution in [2.45, 2.75) is 26.4 Å². The molecule has 2 rings (SSSR count). The van der Waals surface area contributed by atoms with Crippen LogP contribution in [0.25, 0.3) is 0 Å². The summed E-state index contributed by atoms with van der Waals surface area (Å²) in [4.78, 5) is 14.3. The second-order valence-electron chi connectivity index (χ2n) is 4.69. The first-order valence-electron chi connectivity index (χ1n) is 6.06. The molecule has 18 heavy (non-hydrogen) atoms. The lowest BCUT2D eigenvalue weighted by molar-refractivity contribution is -0.385. The number of aromatic nitrogens is 1. The molecule has 2 unspecified atom stereocenters. The molecule has 0 bridgehead atoms. The molecule has 0 aromatic carbocycles. The van der Waals surface area contributed by atoms with Gasteiger partial charge in [-0.15, -0.1) is 0 Å². The zero-order chi connectivity index (χ0) is 13.1. The summed E-state index contributed by atoms with van der Waals surface area (Å²) >= 11 is 0. The SMILES string of the molecule is Cc1cc(OC2CNCCC2C)ncc1[N+](=O)[O-]. The Kier molecular flexibility index (Phi) is 3.76. The fourth-order valence-corrected chi connectivity index (χ4v) is 2.05. The van der Waals surface area contributed by atoms with E-state index in [1.54, 1.807) is 13.0 Å². The largest absolute Gasteiger partial charge is 0.473 e. The van der Waals surface area contributed by atoms with Gasteiger partial charge in [0.15, 0.2) is 0 Å². The molecular weight excluding hydrogens is 234 g/mol. The molecule has 1 aromatic heterocycles. The lowest BCUT2D eigenvalue weighted by Crippen LogP contribution is -2.42. The standard InChI is InChI=1S/C12H17N3O3/c1-8-3-4-13-7-11(8)18-12-5-9(2)10(6-14-12)15(16)17/h5-6,8,11,13H,3-4,7H2,1-2H3. The summed E-state index contributed by atoms with van der Waals surface area (Å²) in [6.07, 6.45) is 2.40. The number of hydrogen-bond acceptors (Lipinski definition) is 5. The number of nitro groups is 1. The van der Waals surface area contributed by atoms with Crippen LogP contribution in [0.3, 0.4) is 0 Å². The maximum absolute atomic E-state index is 10.7. The number of aryl methyl sites for hydroxylation is 1. The average molecular weight is 251 g/mol. The third kappa shape index (κ3) is 2.76. The summed E-state index contributed by atoms with van der Waals surface area (Å²) < 4.78 is 5.79. The molecule has 1 fully saturated rings. The summed E-state index contributed by atoms with van der Waals surface area (Å²) in [5, 5.41) is 14.0. The van der Waals surface area contributed by atoms with E-state index in [9.17, 15) is 10.1 Å². The monoisotopic (exact) mass is 251 g/mol. The Morgan fingerprint density at radius 3 is 3.00 bits per heavy atom. The van der Waals surface area contributed by atoms with Crippen molar-refractivity contribution in [1.29, 1.82) is 0 Å². The number of rotatable bonds is 3. The zero-order valence-corrected chi connectivity index (χ0v) is 10.5. The molecule has 1 aliphatic heterocycles. The molecule has 1 aromatic rings. The Bertz CT molecular complexity index is 450. The first kappa shape index (κ1) is 12.8. The second-order valence-corrected chi connectivity index (χ2v) is 4.69. The molecule has 1 aliphatic rings. The lowest BCUT2D eigenvalue weighted by Gasteiger charge is -2.29. The van der Waals surface area contributed by atoms with Crippen molar-refractivity contribution in [3.05, 3.63) is 27.9 Å². The number of hydrogen-bond donors (Lipinski definition) is 1. The van der Waals surface area contributed by atoms with Crippen LogP contribution in [0, 0.1) is 23.0 Å². The van der Waals surface area contributed by atoms with Crippen molar-refractivity contribution in [3.63, 3.8) is 0 Å². The van der Waals surface area contributed by atoms with E-state index in [4.69, 9.17) is 4.74 Å². The van der Waals surface area contributed by atoms with E-state index in [1.165, 1.54) is 6.20 Å². The van der Waals surface area contributed by atoms with Crippen LogP contribution in [-0.4, -0.2) is 29.1 Å². The summed E-state index contributed by atoms with van der Waals surface area (Å²) in [5.41, 5.74) is 0.596. The maximum Gasteiger partial charge on any atom is 0.290 e. The van der Waals surface area contributed by atoms with Gasteiger partial charge in [0.25, 0.3) is 5.69 Å². The number of pyridine rings is 1. The number of ether oxygens (including phenoxy) is 1. The molecule has 6 heteroatoms. The van der Waals surface area contributed by atoms with Crippen molar-refractivity contribution in [3.8, 4) is 5.88 Å². The van der Waals surface area contributed by atoms with Crippen LogP contribution in [0.5, 0.6) is 5.88 Å². The minimum absolute atomic E-state index is 0.0252. The summed E-state index contributed by atoms with van der Waals surface area (Å²) in [6.45, 7) is 5.63. The van der Waals surface area contributed by atoms with Gasteiger partial charge >= 0.3 is 0 Å². The van der Waals surface area contributed by atoms with Gasteiger partial charge in [0.2, 0.25) is 5.88 Å². The Morgan fingerprint density at radius 2 is 2.39 bits per heavy atom. The van der Waals surface area contributed by atoms with Crippen LogP contribution in [-0.2, 0) is 0 Å². The lowest BCUT2D eigenvalue weighted by atomic mass is 9.97. The van der Waals surface area contributed by atoms with Crippen LogP contribution in [0.4, 0.5) is 5.69 Å². The number of piperidine rings is 1. The number of nitrogens with one attached hydrogen (secondary N) is 1. The molecule has 0 aliphatic carbocycles. The van der Waals surface area contributed by atoms with E-state index >= 15 is 0 Å². The van der Waals surface area contributed by atoms with Gasteiger partial charge < -0.3 is 10.1 Å². The van der Waals surface area contributed by atoms with Gasteiger partial charge in [-0.1, -0.05) is 6.92 Å². The molecule has 0 spiro atoms. The Morgan fingerprint density at radius 1 is 1.61 bits per heavy atom. The third-order valence-electron chi connectivity index (χ3n) is 3.28. The molecular formula is C12H17N3O3. The van der Waals surface area contributed by atoms with E-state index in [0.29, 0.717) is 17.4 Å². The molecule has 2 atom stereocenters. The molecule has 98 valence electrons.